The Morgan fingerprint density at radius 2 is 2.00 bits per heavy atom. The van der Waals surface area contributed by atoms with Crippen molar-refractivity contribution in [2.75, 3.05) is 13.1 Å². The first kappa shape index (κ1) is 15.1. The molecule has 0 radical (unpaired) electrons. The number of benzene rings is 1. The van der Waals surface area contributed by atoms with Gasteiger partial charge >= 0.3 is 0 Å². The minimum atomic E-state index is -0.259. The smallest absolute Gasteiger partial charge is 0.287 e. The summed E-state index contributed by atoms with van der Waals surface area (Å²) in [5.74, 6) is 0.331. The Kier molecular flexibility index (Phi) is 4.20. The lowest BCUT2D eigenvalue weighted by Crippen LogP contribution is -2.35. The maximum absolute atomic E-state index is 12.2. The van der Waals surface area contributed by atoms with Crippen LogP contribution in [0.5, 0.6) is 0 Å². The average molecular weight is 365 g/mol. The van der Waals surface area contributed by atoms with Crippen LogP contribution in [0.25, 0.3) is 11.0 Å². The number of rotatable bonds is 5. The summed E-state index contributed by atoms with van der Waals surface area (Å²) in [6.07, 6.45) is 1.96. The SMILES string of the molecule is Cc1c(C(=O)NCCNC(=O)C2CC2)oc2ccc(Br)cc12. The van der Waals surface area contributed by atoms with Crippen molar-refractivity contribution in [3.8, 4) is 0 Å². The molecular weight excluding hydrogens is 348 g/mol. The predicted octanol–water partition coefficient (Wildman–Crippen LogP) is 2.76. The van der Waals surface area contributed by atoms with Crippen LogP contribution in [0.2, 0.25) is 0 Å². The molecule has 1 fully saturated rings. The summed E-state index contributed by atoms with van der Waals surface area (Å²) in [6, 6.07) is 5.64. The molecule has 1 aliphatic carbocycles. The van der Waals surface area contributed by atoms with Crippen LogP contribution < -0.4 is 10.6 Å². The van der Waals surface area contributed by atoms with Gasteiger partial charge in [0.15, 0.2) is 5.76 Å². The van der Waals surface area contributed by atoms with Crippen LogP contribution in [0.3, 0.4) is 0 Å². The van der Waals surface area contributed by atoms with Crippen molar-refractivity contribution in [3.05, 3.63) is 34.0 Å². The van der Waals surface area contributed by atoms with E-state index in [9.17, 15) is 9.59 Å². The van der Waals surface area contributed by atoms with E-state index in [1.54, 1.807) is 0 Å². The second-order valence-corrected chi connectivity index (χ2v) is 6.43. The molecule has 22 heavy (non-hydrogen) atoms. The standard InChI is InChI=1S/C16H17BrN2O3/c1-9-12-8-11(17)4-5-13(12)22-14(9)16(21)19-7-6-18-15(20)10-2-3-10/h4-5,8,10H,2-3,6-7H2,1H3,(H,18,20)(H,19,21). The molecule has 0 unspecified atom stereocenters. The highest BCUT2D eigenvalue weighted by atomic mass is 79.9. The summed E-state index contributed by atoms with van der Waals surface area (Å²) < 4.78 is 6.56. The molecule has 0 saturated heterocycles. The quantitative estimate of drug-likeness (QED) is 0.801. The van der Waals surface area contributed by atoms with E-state index in [4.69, 9.17) is 4.42 Å². The lowest BCUT2D eigenvalue weighted by molar-refractivity contribution is -0.122. The van der Waals surface area contributed by atoms with E-state index >= 15 is 0 Å². The Morgan fingerprint density at radius 3 is 2.73 bits per heavy atom. The molecule has 1 aromatic heterocycles. The molecule has 0 bridgehead atoms. The predicted molar refractivity (Wildman–Crippen MR) is 86.7 cm³/mol. The molecule has 5 nitrogen and oxygen atoms in total. The Morgan fingerprint density at radius 1 is 1.27 bits per heavy atom. The first-order valence-electron chi connectivity index (χ1n) is 7.31. The Balaban J connectivity index is 1.59. The number of carbonyl (C=O) groups is 2. The average Bonchev–Trinajstić information content (AvgIpc) is 3.29. The summed E-state index contributed by atoms with van der Waals surface area (Å²) in [6.45, 7) is 2.69. The highest BCUT2D eigenvalue weighted by molar-refractivity contribution is 9.10. The minimum absolute atomic E-state index is 0.0824. The Hall–Kier alpha value is -1.82. The van der Waals surface area contributed by atoms with Crippen LogP contribution in [-0.2, 0) is 4.79 Å². The zero-order valence-corrected chi connectivity index (χ0v) is 13.8. The van der Waals surface area contributed by atoms with E-state index in [0.717, 1.165) is 28.3 Å². The monoisotopic (exact) mass is 364 g/mol. The fourth-order valence-corrected chi connectivity index (χ4v) is 2.70. The van der Waals surface area contributed by atoms with Crippen molar-refractivity contribution in [3.63, 3.8) is 0 Å². The third-order valence-corrected chi connectivity index (χ3v) is 4.26. The molecule has 116 valence electrons. The van der Waals surface area contributed by atoms with E-state index in [0.29, 0.717) is 24.4 Å². The van der Waals surface area contributed by atoms with Crippen molar-refractivity contribution in [2.45, 2.75) is 19.8 Å². The molecule has 1 aromatic carbocycles. The van der Waals surface area contributed by atoms with Gasteiger partial charge in [-0.25, -0.2) is 0 Å². The van der Waals surface area contributed by atoms with Crippen LogP contribution in [0, 0.1) is 12.8 Å². The third-order valence-electron chi connectivity index (χ3n) is 3.76. The Labute approximate surface area is 136 Å². The first-order chi connectivity index (χ1) is 10.6. The molecule has 1 heterocycles. The van der Waals surface area contributed by atoms with Crippen molar-refractivity contribution >= 4 is 38.7 Å². The summed E-state index contributed by atoms with van der Waals surface area (Å²) in [5.41, 5.74) is 1.50. The molecule has 0 spiro atoms. The largest absolute Gasteiger partial charge is 0.451 e. The molecule has 2 aromatic rings. The van der Waals surface area contributed by atoms with Crippen LogP contribution >= 0.6 is 15.9 Å². The fraction of sp³-hybridized carbons (Fsp3) is 0.375. The fourth-order valence-electron chi connectivity index (χ4n) is 2.34. The van der Waals surface area contributed by atoms with Gasteiger partial charge in [0.25, 0.3) is 5.91 Å². The summed E-state index contributed by atoms with van der Waals surface area (Å²) in [5, 5.41) is 6.50. The molecule has 0 aliphatic heterocycles. The van der Waals surface area contributed by atoms with Gasteiger partial charge < -0.3 is 15.1 Å². The van der Waals surface area contributed by atoms with E-state index in [2.05, 4.69) is 26.6 Å². The number of hydrogen-bond donors (Lipinski definition) is 2. The van der Waals surface area contributed by atoms with Crippen LogP contribution in [0.4, 0.5) is 0 Å². The van der Waals surface area contributed by atoms with E-state index in [-0.39, 0.29) is 17.7 Å². The van der Waals surface area contributed by atoms with Gasteiger partial charge in [0.05, 0.1) is 0 Å². The second kappa shape index (κ2) is 6.12. The number of nitrogens with one attached hydrogen (secondary N) is 2. The number of amides is 2. The lowest BCUT2D eigenvalue weighted by Gasteiger charge is -2.05. The number of fused-ring (bicyclic) bond motifs is 1. The zero-order valence-electron chi connectivity index (χ0n) is 12.2. The summed E-state index contributed by atoms with van der Waals surface area (Å²) in [4.78, 5) is 23.7. The van der Waals surface area contributed by atoms with E-state index in [1.165, 1.54) is 0 Å². The number of hydrogen-bond acceptors (Lipinski definition) is 3. The zero-order chi connectivity index (χ0) is 15.7. The number of carbonyl (C=O) groups excluding carboxylic acids is 2. The van der Waals surface area contributed by atoms with Crippen LogP contribution in [0.15, 0.2) is 27.1 Å². The van der Waals surface area contributed by atoms with Crippen molar-refractivity contribution in [1.82, 2.24) is 10.6 Å². The third kappa shape index (κ3) is 3.16. The lowest BCUT2D eigenvalue weighted by atomic mass is 10.1. The van der Waals surface area contributed by atoms with Gasteiger partial charge in [0, 0.05) is 34.4 Å². The number of aryl methyl sites for hydroxylation is 1. The van der Waals surface area contributed by atoms with Gasteiger partial charge in [-0.15, -0.1) is 0 Å². The van der Waals surface area contributed by atoms with Gasteiger partial charge in [-0.05, 0) is 38.0 Å². The van der Waals surface area contributed by atoms with Crippen molar-refractivity contribution < 1.29 is 14.0 Å². The molecule has 6 heteroatoms. The molecule has 2 amide bonds. The number of halogens is 1. The van der Waals surface area contributed by atoms with Gasteiger partial charge in [0.1, 0.15) is 5.58 Å². The highest BCUT2D eigenvalue weighted by Crippen LogP contribution is 2.29. The molecule has 1 saturated carbocycles. The number of furan rings is 1. The van der Waals surface area contributed by atoms with Gasteiger partial charge in [-0.3, -0.25) is 9.59 Å². The molecule has 1 aliphatic rings. The minimum Gasteiger partial charge on any atom is -0.451 e. The second-order valence-electron chi connectivity index (χ2n) is 5.52. The van der Waals surface area contributed by atoms with Crippen LogP contribution in [-0.4, -0.2) is 24.9 Å². The summed E-state index contributed by atoms with van der Waals surface area (Å²) in [7, 11) is 0. The first-order valence-corrected chi connectivity index (χ1v) is 8.10. The normalized spacial score (nSPS) is 14.1. The molecular formula is C16H17BrN2O3. The molecule has 0 atom stereocenters. The maximum Gasteiger partial charge on any atom is 0.287 e. The van der Waals surface area contributed by atoms with E-state index in [1.807, 2.05) is 25.1 Å². The van der Waals surface area contributed by atoms with Gasteiger partial charge in [-0.1, -0.05) is 15.9 Å². The Bertz CT molecular complexity index is 734. The molecule has 3 rings (SSSR count). The highest BCUT2D eigenvalue weighted by Gasteiger charge is 2.29. The maximum atomic E-state index is 12.2. The van der Waals surface area contributed by atoms with Crippen molar-refractivity contribution in [1.29, 1.82) is 0 Å². The van der Waals surface area contributed by atoms with E-state index < -0.39 is 0 Å². The van der Waals surface area contributed by atoms with Gasteiger partial charge in [0.2, 0.25) is 5.91 Å². The van der Waals surface area contributed by atoms with Crippen molar-refractivity contribution in [2.24, 2.45) is 5.92 Å². The van der Waals surface area contributed by atoms with Gasteiger partial charge in [-0.2, -0.15) is 0 Å². The molecule has 2 N–H and O–H groups in total. The van der Waals surface area contributed by atoms with Crippen LogP contribution in [0.1, 0.15) is 29.0 Å². The summed E-state index contributed by atoms with van der Waals surface area (Å²) >= 11 is 3.41. The topological polar surface area (TPSA) is 71.3 Å².